The van der Waals surface area contributed by atoms with Gasteiger partial charge in [-0.1, -0.05) is 135 Å². The van der Waals surface area contributed by atoms with Gasteiger partial charge in [0.05, 0.1) is 0 Å². The summed E-state index contributed by atoms with van der Waals surface area (Å²) in [6, 6.07) is 50.2. The van der Waals surface area contributed by atoms with E-state index in [0.717, 1.165) is 51.1 Å². The van der Waals surface area contributed by atoms with Gasteiger partial charge in [0.15, 0.2) is 17.5 Å². The second-order valence-electron chi connectivity index (χ2n) is 15.9. The highest BCUT2D eigenvalue weighted by Gasteiger charge is 2.45. The molecule has 1 aromatic heterocycles. The molecular formula is C49H45N3. The summed E-state index contributed by atoms with van der Waals surface area (Å²) in [5.41, 5.74) is 10.5. The van der Waals surface area contributed by atoms with Crippen LogP contribution < -0.4 is 0 Å². The Bertz CT molecular complexity index is 2370. The van der Waals surface area contributed by atoms with Crippen LogP contribution in [0.25, 0.3) is 67.2 Å². The lowest BCUT2D eigenvalue weighted by molar-refractivity contribution is 0.0780. The molecule has 2 fully saturated rings. The summed E-state index contributed by atoms with van der Waals surface area (Å²) in [6.45, 7) is 7.07. The van der Waals surface area contributed by atoms with Crippen molar-refractivity contribution in [3.63, 3.8) is 0 Å². The van der Waals surface area contributed by atoms with E-state index in [2.05, 4.69) is 160 Å². The minimum Gasteiger partial charge on any atom is -0.208 e. The number of hydrogen-bond acceptors (Lipinski definition) is 3. The fraction of sp³-hybridized carbons (Fsp3) is 0.245. The van der Waals surface area contributed by atoms with Crippen molar-refractivity contribution >= 4 is 10.8 Å². The molecule has 3 nitrogen and oxygen atoms in total. The van der Waals surface area contributed by atoms with Gasteiger partial charge in [0.2, 0.25) is 0 Å². The highest BCUT2D eigenvalue weighted by atomic mass is 15.0. The van der Waals surface area contributed by atoms with Crippen LogP contribution in [0, 0.1) is 24.7 Å². The van der Waals surface area contributed by atoms with E-state index >= 15 is 0 Å². The van der Waals surface area contributed by atoms with Crippen molar-refractivity contribution in [2.45, 2.75) is 58.3 Å². The molecule has 2 bridgehead atoms. The van der Waals surface area contributed by atoms with Gasteiger partial charge in [0.1, 0.15) is 0 Å². The quantitative estimate of drug-likeness (QED) is 0.176. The van der Waals surface area contributed by atoms with E-state index in [9.17, 15) is 0 Å². The van der Waals surface area contributed by atoms with Gasteiger partial charge >= 0.3 is 0 Å². The summed E-state index contributed by atoms with van der Waals surface area (Å²) in [5.74, 6) is 4.46. The van der Waals surface area contributed by atoms with Crippen LogP contribution in [0.2, 0.25) is 0 Å². The lowest BCUT2D eigenvalue weighted by Gasteiger charge is -2.50. The Hall–Kier alpha value is -5.41. The van der Waals surface area contributed by atoms with E-state index in [4.69, 9.17) is 15.0 Å². The highest BCUT2D eigenvalue weighted by molar-refractivity contribution is 5.90. The van der Waals surface area contributed by atoms with Crippen molar-refractivity contribution in [2.24, 2.45) is 17.8 Å². The van der Waals surface area contributed by atoms with Crippen LogP contribution in [0.1, 0.15) is 57.1 Å². The first-order chi connectivity index (χ1) is 25.4. The largest absolute Gasteiger partial charge is 0.208 e. The van der Waals surface area contributed by atoms with Gasteiger partial charge < -0.3 is 0 Å². The van der Waals surface area contributed by atoms with Crippen LogP contribution in [0.3, 0.4) is 0 Å². The Kier molecular flexibility index (Phi) is 8.30. The highest BCUT2D eigenvalue weighted by Crippen LogP contribution is 2.54. The fourth-order valence-corrected chi connectivity index (χ4v) is 9.78. The number of nitrogens with zero attached hydrogens (tertiary/aromatic N) is 3. The monoisotopic (exact) mass is 675 g/mol. The number of rotatable bonds is 6. The molecule has 0 aliphatic heterocycles. The van der Waals surface area contributed by atoms with Crippen LogP contribution in [-0.2, 0) is 5.41 Å². The average Bonchev–Trinajstić information content (AvgIpc) is 3.17. The summed E-state index contributed by atoms with van der Waals surface area (Å²) in [4.78, 5) is 15.7. The zero-order valence-corrected chi connectivity index (χ0v) is 30.4. The molecule has 2 saturated carbocycles. The second-order valence-corrected chi connectivity index (χ2v) is 15.9. The van der Waals surface area contributed by atoms with Crippen molar-refractivity contribution in [3.8, 4) is 56.4 Å². The predicted octanol–water partition coefficient (Wildman–Crippen LogP) is 12.8. The zero-order chi connectivity index (χ0) is 35.2. The lowest BCUT2D eigenvalue weighted by atomic mass is 9.54. The Balaban J connectivity index is 1.18. The van der Waals surface area contributed by atoms with Gasteiger partial charge in [-0.3, -0.25) is 0 Å². The molecule has 52 heavy (non-hydrogen) atoms. The van der Waals surface area contributed by atoms with Crippen molar-refractivity contribution in [2.75, 3.05) is 0 Å². The van der Waals surface area contributed by atoms with Gasteiger partial charge in [0, 0.05) is 16.7 Å². The topological polar surface area (TPSA) is 38.7 Å². The SMILES string of the molecule is Cc1cc(-c2ccccc2)cc(-c2nc(-c3ccc(C45C[C@H](C)C[C@H](C[C@H](C)C4)C5)cc3)nc(-c3ccccc3-c3ccc4ccccc4c3)n2)c1. The maximum Gasteiger partial charge on any atom is 0.164 e. The fourth-order valence-electron chi connectivity index (χ4n) is 9.78. The predicted molar refractivity (Wildman–Crippen MR) is 216 cm³/mol. The summed E-state index contributed by atoms with van der Waals surface area (Å²) >= 11 is 0. The summed E-state index contributed by atoms with van der Waals surface area (Å²) < 4.78 is 0. The Morgan fingerprint density at radius 3 is 1.81 bits per heavy atom. The number of fused-ring (bicyclic) bond motifs is 3. The molecule has 256 valence electrons. The first kappa shape index (κ1) is 32.5. The van der Waals surface area contributed by atoms with Crippen LogP contribution >= 0.6 is 0 Å². The number of aromatic nitrogens is 3. The molecule has 1 unspecified atom stereocenters. The zero-order valence-electron chi connectivity index (χ0n) is 30.4. The molecule has 2 aliphatic rings. The third-order valence-corrected chi connectivity index (χ3v) is 11.7. The molecule has 4 atom stereocenters. The van der Waals surface area contributed by atoms with Gasteiger partial charge in [0.25, 0.3) is 0 Å². The van der Waals surface area contributed by atoms with Crippen molar-refractivity contribution in [3.05, 3.63) is 151 Å². The van der Waals surface area contributed by atoms with Crippen LogP contribution in [-0.4, -0.2) is 15.0 Å². The summed E-state index contributed by atoms with van der Waals surface area (Å²) in [5, 5.41) is 2.44. The Morgan fingerprint density at radius 1 is 0.462 bits per heavy atom. The third kappa shape index (κ3) is 6.23. The first-order valence-corrected chi connectivity index (χ1v) is 19.0. The third-order valence-electron chi connectivity index (χ3n) is 11.7. The average molecular weight is 676 g/mol. The molecule has 0 N–H and O–H groups in total. The molecule has 7 aromatic rings. The summed E-state index contributed by atoms with van der Waals surface area (Å²) in [7, 11) is 0. The minimum absolute atomic E-state index is 0.280. The molecule has 3 heteroatoms. The number of aryl methyl sites for hydroxylation is 1. The van der Waals surface area contributed by atoms with Crippen molar-refractivity contribution in [1.29, 1.82) is 0 Å². The van der Waals surface area contributed by atoms with E-state index in [1.54, 1.807) is 0 Å². The van der Waals surface area contributed by atoms with Gasteiger partial charge in [-0.15, -0.1) is 0 Å². The van der Waals surface area contributed by atoms with E-state index in [1.165, 1.54) is 59.6 Å². The van der Waals surface area contributed by atoms with Crippen LogP contribution in [0.15, 0.2) is 140 Å². The number of hydrogen-bond donors (Lipinski definition) is 0. The first-order valence-electron chi connectivity index (χ1n) is 19.0. The maximum atomic E-state index is 5.26. The lowest BCUT2D eigenvalue weighted by Crippen LogP contribution is -2.42. The molecule has 9 rings (SSSR count). The van der Waals surface area contributed by atoms with Crippen LogP contribution in [0.5, 0.6) is 0 Å². The standard InChI is InChI=1S/C49H45N3/c1-32-25-41(36-11-5-4-6-12-36)28-42(26-32)47-50-46(38-19-21-43(22-20-38)49-29-33(2)23-35(31-49)24-34(3)30-49)51-48(52-47)45-16-10-9-15-44(45)40-18-17-37-13-7-8-14-39(37)27-40/h4-22,25-28,33-35H,23-24,29-31H2,1-3H3/t33-,34+,35-,49?. The molecule has 2 aliphatic carbocycles. The minimum atomic E-state index is 0.280. The molecule has 1 heterocycles. The second kappa shape index (κ2) is 13.3. The van der Waals surface area contributed by atoms with Gasteiger partial charge in [-0.25, -0.2) is 15.0 Å². The van der Waals surface area contributed by atoms with E-state index in [0.29, 0.717) is 17.5 Å². The Morgan fingerprint density at radius 2 is 1.06 bits per heavy atom. The molecular weight excluding hydrogens is 631 g/mol. The molecule has 6 aromatic carbocycles. The maximum absolute atomic E-state index is 5.26. The smallest absolute Gasteiger partial charge is 0.164 e. The molecule has 0 radical (unpaired) electrons. The normalized spacial score (nSPS) is 21.2. The van der Waals surface area contributed by atoms with E-state index in [-0.39, 0.29) is 5.41 Å². The van der Waals surface area contributed by atoms with Gasteiger partial charge in [-0.05, 0) is 125 Å². The molecule has 0 spiro atoms. The van der Waals surface area contributed by atoms with Crippen molar-refractivity contribution < 1.29 is 0 Å². The van der Waals surface area contributed by atoms with Crippen molar-refractivity contribution in [1.82, 2.24) is 15.0 Å². The molecule has 0 saturated heterocycles. The number of benzene rings is 6. The Labute approximate surface area is 307 Å². The van der Waals surface area contributed by atoms with Gasteiger partial charge in [-0.2, -0.15) is 0 Å². The van der Waals surface area contributed by atoms with E-state index < -0.39 is 0 Å². The molecule has 0 amide bonds. The van der Waals surface area contributed by atoms with Crippen LogP contribution in [0.4, 0.5) is 0 Å². The summed E-state index contributed by atoms with van der Waals surface area (Å²) in [6.07, 6.45) is 6.66. The van der Waals surface area contributed by atoms with E-state index in [1.807, 2.05) is 0 Å².